The van der Waals surface area contributed by atoms with Crippen LogP contribution in [0.1, 0.15) is 29.6 Å². The van der Waals surface area contributed by atoms with Crippen molar-refractivity contribution in [2.45, 2.75) is 25.3 Å². The van der Waals surface area contributed by atoms with Gasteiger partial charge in [-0.2, -0.15) is 0 Å². The second-order valence-electron chi connectivity index (χ2n) is 4.42. The van der Waals surface area contributed by atoms with Crippen LogP contribution in [-0.2, 0) is 0 Å². The Morgan fingerprint density at radius 1 is 1.42 bits per heavy atom. The van der Waals surface area contributed by atoms with E-state index in [-0.39, 0.29) is 23.0 Å². The molecule has 1 unspecified atom stereocenters. The molecular formula is C13H14N2O4. The lowest BCUT2D eigenvalue weighted by Crippen LogP contribution is -2.21. The molecule has 2 N–H and O–H groups in total. The number of benzene rings is 1. The van der Waals surface area contributed by atoms with Crippen molar-refractivity contribution in [2.75, 3.05) is 5.32 Å². The van der Waals surface area contributed by atoms with Crippen LogP contribution in [0.25, 0.3) is 0 Å². The minimum Gasteiger partial charge on any atom is -0.478 e. The van der Waals surface area contributed by atoms with E-state index in [0.717, 1.165) is 19.3 Å². The van der Waals surface area contributed by atoms with Crippen molar-refractivity contribution in [2.24, 2.45) is 0 Å². The first-order chi connectivity index (χ1) is 9.08. The number of aromatic carboxylic acids is 1. The molecule has 19 heavy (non-hydrogen) atoms. The molecule has 0 aromatic heterocycles. The van der Waals surface area contributed by atoms with Gasteiger partial charge in [0.05, 0.1) is 10.5 Å². The Labute approximate surface area is 109 Å². The van der Waals surface area contributed by atoms with Crippen LogP contribution in [0.2, 0.25) is 0 Å². The molecule has 6 heteroatoms. The van der Waals surface area contributed by atoms with Gasteiger partial charge in [0, 0.05) is 12.1 Å². The van der Waals surface area contributed by atoms with Crippen molar-refractivity contribution < 1.29 is 14.8 Å². The SMILES string of the molecule is O=C(O)c1ccc([N+](=O)[O-])c(NC2CC=CCC2)c1. The molecule has 0 aliphatic heterocycles. The Hall–Kier alpha value is -2.37. The van der Waals surface area contributed by atoms with E-state index in [1.165, 1.54) is 18.2 Å². The maximum Gasteiger partial charge on any atom is 0.335 e. The molecule has 0 bridgehead atoms. The van der Waals surface area contributed by atoms with Crippen molar-refractivity contribution in [1.82, 2.24) is 0 Å². The number of nitrogens with zero attached hydrogens (tertiary/aromatic N) is 1. The topological polar surface area (TPSA) is 92.5 Å². The highest BCUT2D eigenvalue weighted by molar-refractivity contribution is 5.90. The summed E-state index contributed by atoms with van der Waals surface area (Å²) in [4.78, 5) is 21.4. The summed E-state index contributed by atoms with van der Waals surface area (Å²) in [5.74, 6) is -1.10. The van der Waals surface area contributed by atoms with Crippen LogP contribution in [0.3, 0.4) is 0 Å². The predicted molar refractivity (Wildman–Crippen MR) is 70.5 cm³/mol. The highest BCUT2D eigenvalue weighted by Crippen LogP contribution is 2.28. The Morgan fingerprint density at radius 2 is 2.21 bits per heavy atom. The lowest BCUT2D eigenvalue weighted by molar-refractivity contribution is -0.384. The van der Waals surface area contributed by atoms with Crippen LogP contribution >= 0.6 is 0 Å². The minimum absolute atomic E-state index is 0.0412. The fraction of sp³-hybridized carbons (Fsp3) is 0.308. The summed E-state index contributed by atoms with van der Waals surface area (Å²) in [6.07, 6.45) is 6.68. The second-order valence-corrected chi connectivity index (χ2v) is 4.42. The van der Waals surface area contributed by atoms with Gasteiger partial charge in [-0.1, -0.05) is 12.2 Å². The molecule has 100 valence electrons. The molecule has 2 rings (SSSR count). The Kier molecular flexibility index (Phi) is 3.79. The smallest absolute Gasteiger partial charge is 0.335 e. The van der Waals surface area contributed by atoms with Gasteiger partial charge in [0.1, 0.15) is 5.69 Å². The summed E-state index contributed by atoms with van der Waals surface area (Å²) in [6, 6.07) is 3.89. The number of rotatable bonds is 4. The van der Waals surface area contributed by atoms with Crippen molar-refractivity contribution in [3.8, 4) is 0 Å². The number of allylic oxidation sites excluding steroid dienone is 1. The Bertz CT molecular complexity index is 539. The van der Waals surface area contributed by atoms with Gasteiger partial charge in [-0.25, -0.2) is 4.79 Å². The summed E-state index contributed by atoms with van der Waals surface area (Å²) in [5, 5.41) is 23.0. The third kappa shape index (κ3) is 3.09. The third-order valence-electron chi connectivity index (χ3n) is 3.07. The summed E-state index contributed by atoms with van der Waals surface area (Å²) in [6.45, 7) is 0. The molecule has 0 radical (unpaired) electrons. The fourth-order valence-corrected chi connectivity index (χ4v) is 2.09. The zero-order valence-corrected chi connectivity index (χ0v) is 10.2. The van der Waals surface area contributed by atoms with E-state index in [9.17, 15) is 14.9 Å². The number of nitro benzene ring substituents is 1. The molecule has 0 amide bonds. The van der Waals surface area contributed by atoms with Crippen molar-refractivity contribution >= 4 is 17.3 Å². The maximum absolute atomic E-state index is 10.9. The van der Waals surface area contributed by atoms with Gasteiger partial charge >= 0.3 is 5.97 Å². The van der Waals surface area contributed by atoms with Gasteiger partial charge in [0.15, 0.2) is 0 Å². The average Bonchev–Trinajstić information content (AvgIpc) is 2.39. The lowest BCUT2D eigenvalue weighted by atomic mass is 10.0. The monoisotopic (exact) mass is 262 g/mol. The molecule has 0 heterocycles. The summed E-state index contributed by atoms with van der Waals surface area (Å²) in [5.41, 5.74) is 0.212. The van der Waals surface area contributed by atoms with E-state index in [1.54, 1.807) is 0 Å². The van der Waals surface area contributed by atoms with Crippen LogP contribution in [0.5, 0.6) is 0 Å². The molecule has 6 nitrogen and oxygen atoms in total. The average molecular weight is 262 g/mol. The van der Waals surface area contributed by atoms with Crippen molar-refractivity contribution in [3.05, 3.63) is 46.0 Å². The van der Waals surface area contributed by atoms with E-state index in [0.29, 0.717) is 0 Å². The van der Waals surface area contributed by atoms with E-state index < -0.39 is 10.9 Å². The molecule has 1 aliphatic rings. The van der Waals surface area contributed by atoms with Crippen LogP contribution in [0, 0.1) is 10.1 Å². The number of nitrogens with one attached hydrogen (secondary N) is 1. The molecule has 1 aliphatic carbocycles. The first kappa shape index (κ1) is 13.1. The van der Waals surface area contributed by atoms with Crippen LogP contribution < -0.4 is 5.32 Å². The van der Waals surface area contributed by atoms with E-state index in [2.05, 4.69) is 11.4 Å². The summed E-state index contributed by atoms with van der Waals surface area (Å²) < 4.78 is 0. The third-order valence-corrected chi connectivity index (χ3v) is 3.07. The molecule has 0 saturated heterocycles. The molecule has 0 spiro atoms. The Morgan fingerprint density at radius 3 is 2.79 bits per heavy atom. The van der Waals surface area contributed by atoms with Crippen LogP contribution in [-0.4, -0.2) is 22.0 Å². The molecular weight excluding hydrogens is 248 g/mol. The van der Waals surface area contributed by atoms with Crippen molar-refractivity contribution in [3.63, 3.8) is 0 Å². The highest BCUT2D eigenvalue weighted by Gasteiger charge is 2.19. The first-order valence-electron chi connectivity index (χ1n) is 6.01. The Balaban J connectivity index is 2.29. The number of anilines is 1. The molecule has 1 atom stereocenters. The van der Waals surface area contributed by atoms with Gasteiger partial charge in [-0.05, 0) is 31.4 Å². The number of hydrogen-bond donors (Lipinski definition) is 2. The zero-order valence-electron chi connectivity index (χ0n) is 10.2. The molecule has 1 aromatic rings. The van der Waals surface area contributed by atoms with Crippen LogP contribution in [0.4, 0.5) is 11.4 Å². The van der Waals surface area contributed by atoms with Crippen LogP contribution in [0.15, 0.2) is 30.4 Å². The van der Waals surface area contributed by atoms with E-state index in [4.69, 9.17) is 5.11 Å². The standard InChI is InChI=1S/C13H14N2O4/c16-13(17)9-6-7-12(15(18)19)11(8-9)14-10-4-2-1-3-5-10/h1-2,6-8,10,14H,3-5H2,(H,16,17). The quantitative estimate of drug-likeness (QED) is 0.494. The van der Waals surface area contributed by atoms with Gasteiger partial charge < -0.3 is 10.4 Å². The number of hydrogen-bond acceptors (Lipinski definition) is 4. The van der Waals surface area contributed by atoms with Gasteiger partial charge in [-0.15, -0.1) is 0 Å². The van der Waals surface area contributed by atoms with Gasteiger partial charge in [0.25, 0.3) is 5.69 Å². The van der Waals surface area contributed by atoms with E-state index in [1.807, 2.05) is 6.08 Å². The fourth-order valence-electron chi connectivity index (χ4n) is 2.09. The second kappa shape index (κ2) is 5.51. The van der Waals surface area contributed by atoms with Gasteiger partial charge in [-0.3, -0.25) is 10.1 Å². The summed E-state index contributed by atoms with van der Waals surface area (Å²) >= 11 is 0. The number of carboxylic acid groups (broad SMARTS) is 1. The number of carbonyl (C=O) groups is 1. The molecule has 0 fully saturated rings. The molecule has 1 aromatic carbocycles. The van der Waals surface area contributed by atoms with Crippen molar-refractivity contribution in [1.29, 1.82) is 0 Å². The largest absolute Gasteiger partial charge is 0.478 e. The van der Waals surface area contributed by atoms with E-state index >= 15 is 0 Å². The first-order valence-corrected chi connectivity index (χ1v) is 6.01. The lowest BCUT2D eigenvalue weighted by Gasteiger charge is -2.20. The highest BCUT2D eigenvalue weighted by atomic mass is 16.6. The predicted octanol–water partition coefficient (Wildman–Crippen LogP) is 2.81. The van der Waals surface area contributed by atoms with Gasteiger partial charge in [0.2, 0.25) is 0 Å². The zero-order chi connectivity index (χ0) is 13.8. The molecule has 0 saturated carbocycles. The normalized spacial score (nSPS) is 18.0. The minimum atomic E-state index is -1.10. The summed E-state index contributed by atoms with van der Waals surface area (Å²) in [7, 11) is 0. The number of carboxylic acids is 1. The number of nitro groups is 1. The maximum atomic E-state index is 10.9.